The molecule has 0 saturated carbocycles. The highest BCUT2D eigenvalue weighted by Crippen LogP contribution is 2.27. The molecule has 0 aromatic heterocycles. The Morgan fingerprint density at radius 3 is 2.48 bits per heavy atom. The van der Waals surface area contributed by atoms with E-state index in [9.17, 15) is 9.90 Å². The lowest BCUT2D eigenvalue weighted by Crippen LogP contribution is -2.46. The molecule has 3 N–H and O–H groups in total. The molecular weight excluding hydrogens is 316 g/mol. The van der Waals surface area contributed by atoms with Gasteiger partial charge in [0.2, 0.25) is 0 Å². The van der Waals surface area contributed by atoms with Gasteiger partial charge in [-0.3, -0.25) is 0 Å². The number of benzene rings is 1. The SMILES string of the molecule is CC(C)C(CCO)NC(=O)NC(CC1CCOCC1)c1ccccc1. The van der Waals surface area contributed by atoms with Crippen molar-refractivity contribution >= 4 is 6.03 Å². The third-order valence-electron chi connectivity index (χ3n) is 4.98. The van der Waals surface area contributed by atoms with Crippen molar-refractivity contribution in [3.8, 4) is 0 Å². The molecule has 2 rings (SSSR count). The van der Waals surface area contributed by atoms with Gasteiger partial charge >= 0.3 is 6.03 Å². The lowest BCUT2D eigenvalue weighted by Gasteiger charge is -2.29. The van der Waals surface area contributed by atoms with Crippen LogP contribution in [0.2, 0.25) is 0 Å². The second kappa shape index (κ2) is 10.4. The van der Waals surface area contributed by atoms with Crippen molar-refractivity contribution in [1.82, 2.24) is 10.6 Å². The average Bonchev–Trinajstić information content (AvgIpc) is 2.62. The molecule has 1 aromatic rings. The molecule has 2 amide bonds. The smallest absolute Gasteiger partial charge is 0.315 e. The van der Waals surface area contributed by atoms with E-state index in [4.69, 9.17) is 4.74 Å². The molecule has 5 heteroatoms. The van der Waals surface area contributed by atoms with E-state index in [1.165, 1.54) is 0 Å². The minimum Gasteiger partial charge on any atom is -0.396 e. The van der Waals surface area contributed by atoms with Crippen LogP contribution in [0.5, 0.6) is 0 Å². The molecule has 0 bridgehead atoms. The van der Waals surface area contributed by atoms with E-state index in [2.05, 4.69) is 36.6 Å². The summed E-state index contributed by atoms with van der Waals surface area (Å²) in [5, 5.41) is 15.4. The molecule has 5 nitrogen and oxygen atoms in total. The van der Waals surface area contributed by atoms with E-state index in [0.29, 0.717) is 12.3 Å². The summed E-state index contributed by atoms with van der Waals surface area (Å²) < 4.78 is 5.45. The molecule has 0 radical (unpaired) electrons. The van der Waals surface area contributed by atoms with Gasteiger partial charge in [0, 0.05) is 25.9 Å². The van der Waals surface area contributed by atoms with Crippen molar-refractivity contribution in [2.75, 3.05) is 19.8 Å². The molecule has 0 aliphatic carbocycles. The number of carbonyl (C=O) groups excluding carboxylic acids is 1. The summed E-state index contributed by atoms with van der Waals surface area (Å²) in [5.74, 6) is 0.848. The van der Waals surface area contributed by atoms with Crippen molar-refractivity contribution in [2.24, 2.45) is 11.8 Å². The third-order valence-corrected chi connectivity index (χ3v) is 4.98. The van der Waals surface area contributed by atoms with Gasteiger partial charge in [-0.15, -0.1) is 0 Å². The summed E-state index contributed by atoms with van der Waals surface area (Å²) in [7, 11) is 0. The van der Waals surface area contributed by atoms with Crippen molar-refractivity contribution in [2.45, 2.75) is 51.6 Å². The zero-order valence-electron chi connectivity index (χ0n) is 15.4. The predicted octanol–water partition coefficient (Wildman–Crippen LogP) is 3.25. The van der Waals surface area contributed by atoms with Crippen molar-refractivity contribution in [1.29, 1.82) is 0 Å². The molecular formula is C20H32N2O3. The second-order valence-corrected chi connectivity index (χ2v) is 7.24. The molecule has 25 heavy (non-hydrogen) atoms. The summed E-state index contributed by atoms with van der Waals surface area (Å²) in [6, 6.07) is 9.95. The van der Waals surface area contributed by atoms with E-state index < -0.39 is 0 Å². The van der Waals surface area contributed by atoms with Crippen molar-refractivity contribution in [3.63, 3.8) is 0 Å². The van der Waals surface area contributed by atoms with Gasteiger partial charge in [-0.05, 0) is 43.1 Å². The zero-order chi connectivity index (χ0) is 18.1. The summed E-state index contributed by atoms with van der Waals surface area (Å²) in [6.07, 6.45) is 3.59. The average molecular weight is 348 g/mol. The summed E-state index contributed by atoms with van der Waals surface area (Å²) in [6.45, 7) is 5.80. The Bertz CT molecular complexity index is 501. The molecule has 1 heterocycles. The normalized spacial score (nSPS) is 17.9. The maximum absolute atomic E-state index is 12.5. The van der Waals surface area contributed by atoms with Gasteiger partial charge in [0.05, 0.1) is 6.04 Å². The summed E-state index contributed by atoms with van der Waals surface area (Å²) >= 11 is 0. The zero-order valence-corrected chi connectivity index (χ0v) is 15.4. The minimum atomic E-state index is -0.159. The van der Waals surface area contributed by atoms with E-state index in [1.807, 2.05) is 18.2 Å². The van der Waals surface area contributed by atoms with Crippen LogP contribution >= 0.6 is 0 Å². The van der Waals surface area contributed by atoms with Crippen LogP contribution in [0.4, 0.5) is 4.79 Å². The van der Waals surface area contributed by atoms with Crippen LogP contribution in [0.25, 0.3) is 0 Å². The van der Waals surface area contributed by atoms with Gasteiger partial charge in [0.25, 0.3) is 0 Å². The number of carbonyl (C=O) groups is 1. The quantitative estimate of drug-likeness (QED) is 0.675. The number of rotatable bonds is 8. The van der Waals surface area contributed by atoms with Gasteiger partial charge in [0.1, 0.15) is 0 Å². The van der Waals surface area contributed by atoms with Gasteiger partial charge in [-0.25, -0.2) is 4.79 Å². The monoisotopic (exact) mass is 348 g/mol. The number of nitrogens with one attached hydrogen (secondary N) is 2. The molecule has 140 valence electrons. The Morgan fingerprint density at radius 2 is 1.88 bits per heavy atom. The number of hydrogen-bond acceptors (Lipinski definition) is 3. The number of ether oxygens (including phenoxy) is 1. The summed E-state index contributed by atoms with van der Waals surface area (Å²) in [4.78, 5) is 12.5. The fourth-order valence-electron chi connectivity index (χ4n) is 3.36. The lowest BCUT2D eigenvalue weighted by molar-refractivity contribution is 0.0608. The highest BCUT2D eigenvalue weighted by atomic mass is 16.5. The van der Waals surface area contributed by atoms with Crippen LogP contribution in [-0.2, 0) is 4.74 Å². The fraction of sp³-hybridized carbons (Fsp3) is 0.650. The largest absolute Gasteiger partial charge is 0.396 e. The van der Waals surface area contributed by atoms with E-state index >= 15 is 0 Å². The van der Waals surface area contributed by atoms with Crippen LogP contribution in [0.3, 0.4) is 0 Å². The maximum atomic E-state index is 12.5. The maximum Gasteiger partial charge on any atom is 0.315 e. The van der Waals surface area contributed by atoms with Crippen LogP contribution < -0.4 is 10.6 Å². The first-order chi connectivity index (χ1) is 12.1. The summed E-state index contributed by atoms with van der Waals surface area (Å²) in [5.41, 5.74) is 1.13. The number of amides is 2. The first-order valence-electron chi connectivity index (χ1n) is 9.40. The number of hydrogen-bond donors (Lipinski definition) is 3. The number of aliphatic hydroxyl groups is 1. The Hall–Kier alpha value is -1.59. The third kappa shape index (κ3) is 6.67. The van der Waals surface area contributed by atoms with Crippen LogP contribution in [0.15, 0.2) is 30.3 Å². The highest BCUT2D eigenvalue weighted by Gasteiger charge is 2.23. The molecule has 1 aliphatic rings. The number of aliphatic hydroxyl groups excluding tert-OH is 1. The van der Waals surface area contributed by atoms with E-state index in [0.717, 1.165) is 38.0 Å². The molecule has 1 aliphatic heterocycles. The first kappa shape index (κ1) is 19.7. The number of urea groups is 1. The van der Waals surface area contributed by atoms with E-state index in [-0.39, 0.29) is 30.6 Å². The van der Waals surface area contributed by atoms with Crippen LogP contribution in [0, 0.1) is 11.8 Å². The van der Waals surface area contributed by atoms with Gasteiger partial charge in [-0.1, -0.05) is 44.2 Å². The fourth-order valence-corrected chi connectivity index (χ4v) is 3.36. The molecule has 2 unspecified atom stereocenters. The van der Waals surface area contributed by atoms with Crippen LogP contribution in [0.1, 0.15) is 51.1 Å². The second-order valence-electron chi connectivity index (χ2n) is 7.24. The Labute approximate surface area is 151 Å². The lowest BCUT2D eigenvalue weighted by atomic mass is 9.89. The van der Waals surface area contributed by atoms with E-state index in [1.54, 1.807) is 0 Å². The highest BCUT2D eigenvalue weighted by molar-refractivity contribution is 5.74. The topological polar surface area (TPSA) is 70.6 Å². The van der Waals surface area contributed by atoms with Gasteiger partial charge in [0.15, 0.2) is 0 Å². The van der Waals surface area contributed by atoms with Gasteiger partial charge < -0.3 is 20.5 Å². The molecule has 1 fully saturated rings. The molecule has 2 atom stereocenters. The van der Waals surface area contributed by atoms with Crippen LogP contribution in [-0.4, -0.2) is 37.0 Å². The Kier molecular flexibility index (Phi) is 8.22. The predicted molar refractivity (Wildman–Crippen MR) is 99.3 cm³/mol. The van der Waals surface area contributed by atoms with Crippen molar-refractivity contribution < 1.29 is 14.6 Å². The van der Waals surface area contributed by atoms with Crippen molar-refractivity contribution in [3.05, 3.63) is 35.9 Å². The molecule has 1 aromatic carbocycles. The minimum absolute atomic E-state index is 0.00811. The molecule has 1 saturated heterocycles. The Morgan fingerprint density at radius 1 is 1.20 bits per heavy atom. The standard InChI is InChI=1S/C20H32N2O3/c1-15(2)18(8-11-23)21-20(24)22-19(17-6-4-3-5-7-17)14-16-9-12-25-13-10-16/h3-7,15-16,18-19,23H,8-14H2,1-2H3,(H2,21,22,24). The van der Waals surface area contributed by atoms with Gasteiger partial charge in [-0.2, -0.15) is 0 Å². The molecule has 0 spiro atoms. The Balaban J connectivity index is 2.00. The first-order valence-corrected chi connectivity index (χ1v) is 9.40.